The minimum atomic E-state index is -4.08. The second-order valence-electron chi connectivity index (χ2n) is 10.7. The number of morpholine rings is 1. The molecule has 1 N–H and O–H groups in total. The van der Waals surface area contributed by atoms with Gasteiger partial charge in [0.25, 0.3) is 15.7 Å². The zero-order valence-electron chi connectivity index (χ0n) is 21.3. The zero-order valence-corrected chi connectivity index (χ0v) is 22.1. The first-order chi connectivity index (χ1) is 16.8. The molecule has 0 radical (unpaired) electrons. The van der Waals surface area contributed by atoms with E-state index in [1.165, 1.54) is 11.6 Å². The lowest BCUT2D eigenvalue weighted by atomic mass is 9.70. The summed E-state index contributed by atoms with van der Waals surface area (Å²) in [6.07, 6.45) is 3.60. The summed E-state index contributed by atoms with van der Waals surface area (Å²) in [5.41, 5.74) is -0.859. The third kappa shape index (κ3) is 4.57. The molecule has 0 aromatic carbocycles. The van der Waals surface area contributed by atoms with E-state index in [1.807, 2.05) is 18.4 Å². The number of carbonyl (C=O) groups excluding carboxylic acids is 1. The van der Waals surface area contributed by atoms with Gasteiger partial charge in [0.1, 0.15) is 5.78 Å². The minimum Gasteiger partial charge on any atom is -0.379 e. The number of hydrogen-bond acceptors (Lipinski definition) is 8. The number of ether oxygens (including phenoxy) is 1. The number of rotatable bonds is 5. The van der Waals surface area contributed by atoms with Gasteiger partial charge in [0, 0.05) is 46.7 Å². The first-order valence-electron chi connectivity index (χ1n) is 12.2. The quantitative estimate of drug-likeness (QED) is 0.535. The van der Waals surface area contributed by atoms with Crippen LogP contribution in [0.4, 0.5) is 0 Å². The number of fused-ring (bicyclic) bond motifs is 3. The summed E-state index contributed by atoms with van der Waals surface area (Å²) in [5, 5.41) is 0. The Bertz CT molecular complexity index is 1380. The highest BCUT2D eigenvalue weighted by atomic mass is 32.2. The second kappa shape index (κ2) is 9.51. The van der Waals surface area contributed by atoms with Gasteiger partial charge in [-0.2, -0.15) is 8.42 Å². The number of hydrogen-bond donors (Lipinski definition) is 1. The number of aryl methyl sites for hydroxylation is 1. The predicted molar refractivity (Wildman–Crippen MR) is 132 cm³/mol. The van der Waals surface area contributed by atoms with Crippen molar-refractivity contribution in [2.45, 2.75) is 39.7 Å². The largest absolute Gasteiger partial charge is 0.379 e. The summed E-state index contributed by atoms with van der Waals surface area (Å²) in [6, 6.07) is 0. The van der Waals surface area contributed by atoms with Crippen molar-refractivity contribution in [2.75, 3.05) is 38.6 Å². The fourth-order valence-electron chi connectivity index (χ4n) is 6.06. The van der Waals surface area contributed by atoms with Crippen LogP contribution < -0.4 is 11.2 Å². The van der Waals surface area contributed by atoms with E-state index in [9.17, 15) is 22.8 Å². The third-order valence-corrected chi connectivity index (χ3v) is 9.40. The van der Waals surface area contributed by atoms with Gasteiger partial charge in [-0.05, 0) is 24.2 Å². The number of nitrogens with zero attached hydrogens (tertiary/aromatic N) is 5. The van der Waals surface area contributed by atoms with Crippen molar-refractivity contribution in [1.82, 2.24) is 23.6 Å². The molecule has 36 heavy (non-hydrogen) atoms. The van der Waals surface area contributed by atoms with E-state index in [0.29, 0.717) is 30.6 Å². The van der Waals surface area contributed by atoms with Crippen molar-refractivity contribution in [3.63, 3.8) is 0 Å². The Hall–Kier alpha value is -2.35. The van der Waals surface area contributed by atoms with Crippen molar-refractivity contribution < 1.29 is 22.5 Å². The molecular weight excluding hydrogens is 490 g/mol. The van der Waals surface area contributed by atoms with Gasteiger partial charge in [-0.15, -0.1) is 0 Å². The number of Topliss-reactive ketones (excluding diaryl/α,β-unsaturated/α-hetero) is 1. The van der Waals surface area contributed by atoms with Crippen LogP contribution in [0, 0.1) is 16.7 Å². The molecule has 3 fully saturated rings. The molecule has 1 aliphatic heterocycles. The lowest BCUT2D eigenvalue weighted by molar-refractivity contribution is -0.128. The molecule has 2 aliphatic carbocycles. The summed E-state index contributed by atoms with van der Waals surface area (Å²) >= 11 is 0. The van der Waals surface area contributed by atoms with Crippen LogP contribution in [0.25, 0.3) is 11.2 Å². The summed E-state index contributed by atoms with van der Waals surface area (Å²) in [7, 11) is -0.958. The molecule has 0 amide bonds. The maximum atomic E-state index is 12.3. The smallest absolute Gasteiger partial charge is 0.332 e. The average molecular weight is 526 g/mol. The van der Waals surface area contributed by atoms with Crippen molar-refractivity contribution in [1.29, 1.82) is 0 Å². The number of imidazole rings is 1. The summed E-state index contributed by atoms with van der Waals surface area (Å²) in [4.78, 5) is 42.5. The molecule has 2 bridgehead atoms. The number of ketones is 1. The Morgan fingerprint density at radius 1 is 1.11 bits per heavy atom. The van der Waals surface area contributed by atoms with Gasteiger partial charge < -0.3 is 9.30 Å². The number of aromatic nitrogens is 4. The molecule has 5 rings (SSSR count). The molecular formula is C23H35N5O7S. The van der Waals surface area contributed by atoms with Crippen LogP contribution >= 0.6 is 0 Å². The Morgan fingerprint density at radius 3 is 2.33 bits per heavy atom. The molecule has 3 heterocycles. The van der Waals surface area contributed by atoms with Crippen molar-refractivity contribution >= 4 is 27.1 Å². The van der Waals surface area contributed by atoms with E-state index in [4.69, 9.17) is 9.29 Å². The van der Waals surface area contributed by atoms with Crippen molar-refractivity contribution in [3.8, 4) is 0 Å². The normalized spacial score (nSPS) is 25.8. The fraction of sp³-hybridized carbons (Fsp3) is 0.739. The molecule has 0 spiro atoms. The highest BCUT2D eigenvalue weighted by Crippen LogP contribution is 2.64. The van der Waals surface area contributed by atoms with Gasteiger partial charge in [0.05, 0.1) is 30.7 Å². The number of carbonyl (C=O) groups is 1. The summed E-state index contributed by atoms with van der Waals surface area (Å²) in [5.74, 6) is -0.101. The van der Waals surface area contributed by atoms with Gasteiger partial charge in [-0.1, -0.05) is 13.8 Å². The van der Waals surface area contributed by atoms with Gasteiger partial charge in [-0.3, -0.25) is 28.2 Å². The maximum absolute atomic E-state index is 12.3. The van der Waals surface area contributed by atoms with E-state index in [1.54, 1.807) is 13.4 Å². The molecule has 1 saturated heterocycles. The first-order valence-corrected chi connectivity index (χ1v) is 13.8. The minimum absolute atomic E-state index is 0.0152. The van der Waals surface area contributed by atoms with E-state index in [2.05, 4.69) is 9.88 Å². The van der Waals surface area contributed by atoms with Crippen LogP contribution in [-0.4, -0.2) is 80.9 Å². The zero-order chi connectivity index (χ0) is 26.5. The molecule has 3 aliphatic rings. The average Bonchev–Trinajstić information content (AvgIpc) is 3.40. The van der Waals surface area contributed by atoms with Crippen LogP contribution in [-0.2, 0) is 40.3 Å². The van der Waals surface area contributed by atoms with Crippen molar-refractivity contribution in [2.24, 2.45) is 30.8 Å². The summed E-state index contributed by atoms with van der Waals surface area (Å²) < 4.78 is 40.6. The molecule has 200 valence electrons. The lowest BCUT2D eigenvalue weighted by Gasteiger charge is -2.35. The first kappa shape index (κ1) is 26.7. The SMILES string of the molecule is CC1(C)C2CCC1(CS(=O)(=O)O)C(=O)C2.Cn1c(=O)c2c(ncn2CCN2CCOCC2)n(C)c1=O. The Kier molecular flexibility index (Phi) is 7.05. The maximum Gasteiger partial charge on any atom is 0.332 e. The molecule has 2 atom stereocenters. The van der Waals surface area contributed by atoms with E-state index in [0.717, 1.165) is 43.8 Å². The molecule has 13 heteroatoms. The molecule has 12 nitrogen and oxygen atoms in total. The third-order valence-electron chi connectivity index (χ3n) is 8.55. The van der Waals surface area contributed by atoms with Gasteiger partial charge >= 0.3 is 5.69 Å². The molecule has 2 saturated carbocycles. The van der Waals surface area contributed by atoms with E-state index in [-0.39, 0.29) is 28.4 Å². The van der Waals surface area contributed by atoms with Gasteiger partial charge in [0.2, 0.25) is 0 Å². The highest BCUT2D eigenvalue weighted by Gasteiger charge is 2.65. The van der Waals surface area contributed by atoms with Gasteiger partial charge in [-0.25, -0.2) is 9.78 Å². The standard InChI is InChI=1S/C13H19N5O3.C10H16O4S/c1-15-11-10(12(19)16(2)13(15)20)18(9-14-11)4-3-17-5-7-21-8-6-17;1-9(2)7-3-4-10(9,8(11)5-7)6-15(12,13)14/h9H,3-8H2,1-2H3;7H,3-6H2,1-2H3,(H,12,13,14). The highest BCUT2D eigenvalue weighted by molar-refractivity contribution is 7.85. The van der Waals surface area contributed by atoms with E-state index >= 15 is 0 Å². The van der Waals surface area contributed by atoms with E-state index < -0.39 is 21.3 Å². The lowest BCUT2D eigenvalue weighted by Crippen LogP contribution is -2.42. The fourth-order valence-corrected chi connectivity index (χ4v) is 7.36. The van der Waals surface area contributed by atoms with Crippen LogP contribution in [0.2, 0.25) is 0 Å². The Labute approximate surface area is 209 Å². The monoisotopic (exact) mass is 525 g/mol. The van der Waals surface area contributed by atoms with Crippen molar-refractivity contribution in [3.05, 3.63) is 27.2 Å². The predicted octanol–water partition coefficient (Wildman–Crippen LogP) is 0.0355. The van der Waals surface area contributed by atoms with Gasteiger partial charge in [0.15, 0.2) is 11.2 Å². The Balaban J connectivity index is 0.000000179. The van der Waals surface area contributed by atoms with Crippen LogP contribution in [0.5, 0.6) is 0 Å². The molecule has 2 aromatic heterocycles. The Morgan fingerprint density at radius 2 is 1.78 bits per heavy atom. The van der Waals surface area contributed by atoms with Crippen LogP contribution in [0.1, 0.15) is 33.1 Å². The van der Waals surface area contributed by atoms with Crippen LogP contribution in [0.3, 0.4) is 0 Å². The van der Waals surface area contributed by atoms with Crippen LogP contribution in [0.15, 0.2) is 15.9 Å². The molecule has 2 unspecified atom stereocenters. The second-order valence-corrected chi connectivity index (χ2v) is 12.1. The molecule has 2 aromatic rings. The summed E-state index contributed by atoms with van der Waals surface area (Å²) in [6.45, 7) is 8.71. The topological polar surface area (TPSA) is 146 Å².